The molecule has 2 heterocycles. The molecule has 1 N–H and O–H groups in total. The lowest BCUT2D eigenvalue weighted by Gasteiger charge is -2.34. The van der Waals surface area contributed by atoms with Gasteiger partial charge in [0.05, 0.1) is 16.4 Å². The van der Waals surface area contributed by atoms with Crippen molar-refractivity contribution in [2.24, 2.45) is 0 Å². The summed E-state index contributed by atoms with van der Waals surface area (Å²) in [5, 5.41) is 5.21. The van der Waals surface area contributed by atoms with E-state index in [1.54, 1.807) is 0 Å². The van der Waals surface area contributed by atoms with Crippen LogP contribution < -0.4 is 0 Å². The average Bonchev–Trinajstić information content (AvgIpc) is 4.03. The number of allylic oxidation sites excluding steroid dienone is 4. The van der Waals surface area contributed by atoms with Crippen molar-refractivity contribution in [3.05, 3.63) is 203 Å². The van der Waals surface area contributed by atoms with Gasteiger partial charge in [0.15, 0.2) is 0 Å². The topological polar surface area (TPSA) is 20.7 Å². The van der Waals surface area contributed by atoms with E-state index in [9.17, 15) is 0 Å². The van der Waals surface area contributed by atoms with Crippen LogP contribution in [0.4, 0.5) is 0 Å². The highest BCUT2D eigenvalue weighted by molar-refractivity contribution is 6.10. The number of rotatable bonds is 1. The summed E-state index contributed by atoms with van der Waals surface area (Å²) >= 11 is 0. The molecule has 1 spiro atoms. The number of benzene rings is 7. The van der Waals surface area contributed by atoms with E-state index in [-0.39, 0.29) is 16.2 Å². The first kappa shape index (κ1) is 34.8. The van der Waals surface area contributed by atoms with Gasteiger partial charge in [-0.2, -0.15) is 0 Å². The maximum atomic E-state index is 3.38. The van der Waals surface area contributed by atoms with Gasteiger partial charge in [0, 0.05) is 38.3 Å². The minimum Gasteiger partial charge on any atom is -0.355 e. The molecule has 282 valence electrons. The Kier molecular flexibility index (Phi) is 7.39. The van der Waals surface area contributed by atoms with Crippen LogP contribution >= 0.6 is 0 Å². The van der Waals surface area contributed by atoms with Crippen molar-refractivity contribution in [1.29, 1.82) is 0 Å². The summed E-state index contributed by atoms with van der Waals surface area (Å²) < 4.78 is 2.48. The molecule has 9 aromatic rings. The van der Waals surface area contributed by atoms with Crippen LogP contribution in [0, 0.1) is 0 Å². The first-order chi connectivity index (χ1) is 28.0. The number of fused-ring (bicyclic) bond motifs is 15. The molecule has 58 heavy (non-hydrogen) atoms. The second kappa shape index (κ2) is 12.3. The highest BCUT2D eigenvalue weighted by atomic mass is 15.0. The number of hydrogen-bond acceptors (Lipinski definition) is 0. The van der Waals surface area contributed by atoms with Crippen molar-refractivity contribution in [3.63, 3.8) is 0 Å². The molecular formula is C56H48N2. The zero-order valence-corrected chi connectivity index (χ0v) is 34.2. The van der Waals surface area contributed by atoms with Gasteiger partial charge in [-0.25, -0.2) is 0 Å². The van der Waals surface area contributed by atoms with Crippen LogP contribution in [0.3, 0.4) is 0 Å². The van der Waals surface area contributed by atoms with Crippen molar-refractivity contribution in [2.75, 3.05) is 0 Å². The summed E-state index contributed by atoms with van der Waals surface area (Å²) in [6, 6.07) is 56.4. The van der Waals surface area contributed by atoms with Crippen LogP contribution in [0.1, 0.15) is 81.3 Å². The Hall–Kier alpha value is -6.38. The molecule has 0 saturated carbocycles. The summed E-state index contributed by atoms with van der Waals surface area (Å²) in [6.45, 7) is 14.0. The van der Waals surface area contributed by atoms with Gasteiger partial charge in [0.25, 0.3) is 0 Å². The first-order valence-electron chi connectivity index (χ1n) is 20.8. The van der Waals surface area contributed by atoms with Crippen LogP contribution in [0.25, 0.3) is 66.0 Å². The summed E-state index contributed by atoms with van der Waals surface area (Å²) in [6.07, 6.45) is 5.75. The van der Waals surface area contributed by atoms with E-state index in [0.29, 0.717) is 0 Å². The lowest BCUT2D eigenvalue weighted by molar-refractivity contribution is 0.585. The predicted molar refractivity (Wildman–Crippen MR) is 246 cm³/mol. The van der Waals surface area contributed by atoms with E-state index in [1.807, 2.05) is 0 Å². The SMILES string of the molecule is CC(C)(C)c1ccc2c(c1)C1(C3=C(C=CC3)c3ccc(-n4c5ccccc5c5ccccc54)cc31)c1cc(C(C)(C)C)ccc1-2.c1ccc2c(c1)[nH]c1ccccc12. The Morgan fingerprint density at radius 3 is 1.48 bits per heavy atom. The first-order valence-corrected chi connectivity index (χ1v) is 20.8. The maximum Gasteiger partial charge on any atom is 0.0692 e. The molecule has 0 amide bonds. The van der Waals surface area contributed by atoms with Gasteiger partial charge >= 0.3 is 0 Å². The summed E-state index contributed by atoms with van der Waals surface area (Å²) in [5.74, 6) is 0. The van der Waals surface area contributed by atoms with Crippen LogP contribution in [0.5, 0.6) is 0 Å². The quantitative estimate of drug-likeness (QED) is 0.173. The van der Waals surface area contributed by atoms with Crippen molar-refractivity contribution < 1.29 is 0 Å². The largest absolute Gasteiger partial charge is 0.355 e. The van der Waals surface area contributed by atoms with Crippen LogP contribution in [-0.4, -0.2) is 9.55 Å². The Morgan fingerprint density at radius 1 is 0.483 bits per heavy atom. The third-order valence-corrected chi connectivity index (χ3v) is 13.2. The molecule has 0 unspecified atom stereocenters. The number of para-hydroxylation sites is 4. The minimum atomic E-state index is -0.323. The molecule has 0 fully saturated rings. The van der Waals surface area contributed by atoms with Gasteiger partial charge in [-0.1, -0.05) is 169 Å². The second-order valence-corrected chi connectivity index (χ2v) is 18.6. The third-order valence-electron chi connectivity index (χ3n) is 13.2. The molecule has 3 aliphatic rings. The smallest absolute Gasteiger partial charge is 0.0692 e. The van der Waals surface area contributed by atoms with Crippen molar-refractivity contribution in [3.8, 4) is 16.8 Å². The summed E-state index contributed by atoms with van der Waals surface area (Å²) in [5.41, 5.74) is 20.1. The molecule has 7 aromatic carbocycles. The monoisotopic (exact) mass is 748 g/mol. The molecule has 3 aliphatic carbocycles. The zero-order valence-electron chi connectivity index (χ0n) is 34.2. The standard InChI is InChI=1S/C44H39N.C12H9N/c1-42(2,3)27-18-21-31-32-22-19-28(43(4,5)6)25-38(32)44(37(31)24-27)36-15-11-14-30(36)33-23-20-29(26-39(33)44)45-40-16-9-7-12-34(40)35-13-8-10-17-41(35)45;1-3-7-11-9(5-1)10-6-2-4-8-12(10)13-11/h7-14,16-26H,15H2,1-6H3;1-8,13H. The fourth-order valence-electron chi connectivity index (χ4n) is 10.4. The van der Waals surface area contributed by atoms with Gasteiger partial charge in [-0.15, -0.1) is 0 Å². The lowest BCUT2D eigenvalue weighted by Crippen LogP contribution is -2.28. The highest BCUT2D eigenvalue weighted by Crippen LogP contribution is 2.64. The molecule has 0 bridgehead atoms. The number of nitrogens with zero attached hydrogens (tertiary/aromatic N) is 1. The Labute approximate surface area is 341 Å². The molecule has 12 rings (SSSR count). The predicted octanol–water partition coefficient (Wildman–Crippen LogP) is 14.7. The number of H-pyrrole nitrogens is 1. The highest BCUT2D eigenvalue weighted by Gasteiger charge is 2.53. The Morgan fingerprint density at radius 2 is 0.948 bits per heavy atom. The van der Waals surface area contributed by atoms with Crippen molar-refractivity contribution in [1.82, 2.24) is 9.55 Å². The van der Waals surface area contributed by atoms with E-state index >= 15 is 0 Å². The minimum absolute atomic E-state index is 0.0545. The maximum absolute atomic E-state index is 3.38. The van der Waals surface area contributed by atoms with Crippen molar-refractivity contribution in [2.45, 2.75) is 64.2 Å². The van der Waals surface area contributed by atoms with E-state index in [1.165, 1.54) is 105 Å². The van der Waals surface area contributed by atoms with E-state index in [4.69, 9.17) is 0 Å². The van der Waals surface area contributed by atoms with Gasteiger partial charge < -0.3 is 9.55 Å². The van der Waals surface area contributed by atoms with Crippen LogP contribution in [0.15, 0.2) is 169 Å². The van der Waals surface area contributed by atoms with Gasteiger partial charge in [0.2, 0.25) is 0 Å². The second-order valence-electron chi connectivity index (χ2n) is 18.6. The van der Waals surface area contributed by atoms with Gasteiger partial charge in [-0.05, 0) is 109 Å². The number of nitrogens with one attached hydrogen (secondary N) is 1. The van der Waals surface area contributed by atoms with Gasteiger partial charge in [0.1, 0.15) is 0 Å². The zero-order chi connectivity index (χ0) is 39.6. The molecule has 0 atom stereocenters. The summed E-state index contributed by atoms with van der Waals surface area (Å²) in [4.78, 5) is 3.38. The van der Waals surface area contributed by atoms with Gasteiger partial charge in [-0.3, -0.25) is 0 Å². The number of aromatic amines is 1. The number of hydrogen-bond donors (Lipinski definition) is 1. The number of aromatic nitrogens is 2. The van der Waals surface area contributed by atoms with Crippen LogP contribution in [0.2, 0.25) is 0 Å². The summed E-state index contributed by atoms with van der Waals surface area (Å²) in [7, 11) is 0. The molecular weight excluding hydrogens is 701 g/mol. The molecule has 2 heteroatoms. The van der Waals surface area contributed by atoms with Crippen molar-refractivity contribution >= 4 is 49.2 Å². The normalized spacial score (nSPS) is 15.0. The Balaban J connectivity index is 0.000000250. The van der Waals surface area contributed by atoms with Crippen LogP contribution in [-0.2, 0) is 16.2 Å². The molecule has 0 saturated heterocycles. The average molecular weight is 749 g/mol. The van der Waals surface area contributed by atoms with E-state index < -0.39 is 0 Å². The Bertz CT molecular complexity index is 3050. The molecule has 2 nitrogen and oxygen atoms in total. The fourth-order valence-corrected chi connectivity index (χ4v) is 10.4. The fraction of sp³-hybridized carbons (Fsp3) is 0.179. The lowest BCUT2D eigenvalue weighted by atomic mass is 9.67. The van der Waals surface area contributed by atoms with E-state index in [0.717, 1.165) is 6.42 Å². The molecule has 0 radical (unpaired) electrons. The molecule has 2 aromatic heterocycles. The third kappa shape index (κ3) is 4.91. The van der Waals surface area contributed by atoms with E-state index in [2.05, 4.69) is 215 Å². The molecule has 0 aliphatic heterocycles.